The Bertz CT molecular complexity index is 616. The minimum absolute atomic E-state index is 0.0115. The van der Waals surface area contributed by atoms with E-state index in [1.165, 1.54) is 5.56 Å². The highest BCUT2D eigenvalue weighted by Crippen LogP contribution is 2.21. The third-order valence-electron chi connectivity index (χ3n) is 3.69. The molecule has 116 valence electrons. The van der Waals surface area contributed by atoms with Crippen molar-refractivity contribution < 1.29 is 4.92 Å². The number of non-ortho nitro benzene ring substituents is 1. The largest absolute Gasteiger partial charge is 0.290 e. The minimum atomic E-state index is -0.366. The highest BCUT2D eigenvalue weighted by molar-refractivity contribution is 5.33. The van der Waals surface area contributed by atoms with Crippen LogP contribution in [0.4, 0.5) is 5.69 Å². The zero-order chi connectivity index (χ0) is 16.2. The fourth-order valence-electron chi connectivity index (χ4n) is 2.28. The second-order valence-corrected chi connectivity index (χ2v) is 6.44. The van der Waals surface area contributed by atoms with Crippen molar-refractivity contribution >= 4 is 5.69 Å². The number of nitro benzene ring substituents is 1. The Hall–Kier alpha value is -2.20. The normalized spacial score (nSPS) is 11.6. The number of benzene rings is 2. The number of hydrogen-bond donors (Lipinski definition) is 0. The molecule has 0 saturated heterocycles. The van der Waals surface area contributed by atoms with E-state index >= 15 is 0 Å². The standard InChI is InChI=1S/C18H22N2O2/c1-18(2,3)19(13-15-7-5-4-6-8-15)14-16-9-11-17(12-10-16)20(21)22/h4-12H,13-14H2,1-3H3. The highest BCUT2D eigenvalue weighted by Gasteiger charge is 2.21. The summed E-state index contributed by atoms with van der Waals surface area (Å²) < 4.78 is 0. The first-order valence-corrected chi connectivity index (χ1v) is 7.38. The molecule has 0 aliphatic heterocycles. The smallest absolute Gasteiger partial charge is 0.269 e. The van der Waals surface area contributed by atoms with Crippen molar-refractivity contribution in [2.45, 2.75) is 39.4 Å². The molecule has 0 unspecified atom stereocenters. The van der Waals surface area contributed by atoms with Crippen LogP contribution in [0.15, 0.2) is 54.6 Å². The van der Waals surface area contributed by atoms with Crippen molar-refractivity contribution in [2.24, 2.45) is 0 Å². The fourth-order valence-corrected chi connectivity index (χ4v) is 2.28. The molecule has 0 atom stereocenters. The molecule has 0 aliphatic carbocycles. The van der Waals surface area contributed by atoms with Gasteiger partial charge in [0.1, 0.15) is 0 Å². The zero-order valence-corrected chi connectivity index (χ0v) is 13.3. The van der Waals surface area contributed by atoms with Crippen LogP contribution in [0.3, 0.4) is 0 Å². The first-order valence-electron chi connectivity index (χ1n) is 7.38. The number of hydrogen-bond acceptors (Lipinski definition) is 3. The van der Waals surface area contributed by atoms with E-state index in [-0.39, 0.29) is 16.1 Å². The summed E-state index contributed by atoms with van der Waals surface area (Å²) in [6.07, 6.45) is 0. The van der Waals surface area contributed by atoms with Gasteiger partial charge < -0.3 is 0 Å². The molecule has 2 aromatic carbocycles. The number of rotatable bonds is 5. The Labute approximate surface area is 131 Å². The lowest BCUT2D eigenvalue weighted by Gasteiger charge is -2.36. The van der Waals surface area contributed by atoms with Crippen LogP contribution in [0, 0.1) is 10.1 Å². The van der Waals surface area contributed by atoms with Crippen LogP contribution in [-0.4, -0.2) is 15.4 Å². The zero-order valence-electron chi connectivity index (χ0n) is 13.3. The molecule has 2 aromatic rings. The van der Waals surface area contributed by atoms with E-state index in [9.17, 15) is 10.1 Å². The van der Waals surface area contributed by atoms with Crippen LogP contribution in [0.2, 0.25) is 0 Å². The van der Waals surface area contributed by atoms with E-state index in [2.05, 4.69) is 37.8 Å². The van der Waals surface area contributed by atoms with E-state index in [0.717, 1.165) is 18.7 Å². The first kappa shape index (κ1) is 16.2. The van der Waals surface area contributed by atoms with E-state index in [1.807, 2.05) is 30.3 Å². The molecular weight excluding hydrogens is 276 g/mol. The second-order valence-electron chi connectivity index (χ2n) is 6.44. The molecule has 22 heavy (non-hydrogen) atoms. The summed E-state index contributed by atoms with van der Waals surface area (Å²) in [5, 5.41) is 10.7. The lowest BCUT2D eigenvalue weighted by atomic mass is 10.0. The topological polar surface area (TPSA) is 46.4 Å². The van der Waals surface area contributed by atoms with Gasteiger partial charge in [-0.3, -0.25) is 15.0 Å². The number of nitro groups is 1. The monoisotopic (exact) mass is 298 g/mol. The third kappa shape index (κ3) is 4.40. The van der Waals surface area contributed by atoms with Crippen molar-refractivity contribution in [3.63, 3.8) is 0 Å². The lowest BCUT2D eigenvalue weighted by Crippen LogP contribution is -2.40. The van der Waals surface area contributed by atoms with Gasteiger partial charge in [0.25, 0.3) is 5.69 Å². The van der Waals surface area contributed by atoms with Crippen LogP contribution >= 0.6 is 0 Å². The maximum atomic E-state index is 10.7. The van der Waals surface area contributed by atoms with Gasteiger partial charge in [-0.15, -0.1) is 0 Å². The molecule has 0 N–H and O–H groups in total. The van der Waals surface area contributed by atoms with Gasteiger partial charge in [-0.25, -0.2) is 0 Å². The molecule has 0 saturated carbocycles. The summed E-state index contributed by atoms with van der Waals surface area (Å²) in [5.74, 6) is 0. The third-order valence-corrected chi connectivity index (χ3v) is 3.69. The van der Waals surface area contributed by atoms with Crippen molar-refractivity contribution in [3.05, 3.63) is 75.8 Å². The Kier molecular flexibility index (Phi) is 4.93. The van der Waals surface area contributed by atoms with E-state index in [1.54, 1.807) is 12.1 Å². The van der Waals surface area contributed by atoms with Gasteiger partial charge in [0, 0.05) is 30.8 Å². The van der Waals surface area contributed by atoms with Crippen molar-refractivity contribution in [3.8, 4) is 0 Å². The van der Waals surface area contributed by atoms with E-state index < -0.39 is 0 Å². The first-order chi connectivity index (χ1) is 10.4. The van der Waals surface area contributed by atoms with Crippen molar-refractivity contribution in [1.82, 2.24) is 4.90 Å². The van der Waals surface area contributed by atoms with E-state index in [0.29, 0.717) is 0 Å². The summed E-state index contributed by atoms with van der Waals surface area (Å²) in [5.41, 5.74) is 2.49. The van der Waals surface area contributed by atoms with Crippen LogP contribution in [-0.2, 0) is 13.1 Å². The molecule has 0 aliphatic rings. The molecule has 2 rings (SSSR count). The van der Waals surface area contributed by atoms with E-state index in [4.69, 9.17) is 0 Å². The van der Waals surface area contributed by atoms with Gasteiger partial charge in [0.15, 0.2) is 0 Å². The summed E-state index contributed by atoms with van der Waals surface area (Å²) in [7, 11) is 0. The molecule has 0 bridgehead atoms. The Morgan fingerprint density at radius 3 is 1.86 bits per heavy atom. The Morgan fingerprint density at radius 1 is 0.909 bits per heavy atom. The summed E-state index contributed by atoms with van der Waals surface area (Å²) in [4.78, 5) is 12.7. The average Bonchev–Trinajstić information content (AvgIpc) is 2.47. The van der Waals surface area contributed by atoms with Crippen LogP contribution in [0.1, 0.15) is 31.9 Å². The fraction of sp³-hybridized carbons (Fsp3) is 0.333. The summed E-state index contributed by atoms with van der Waals surface area (Å²) in [6.45, 7) is 8.15. The minimum Gasteiger partial charge on any atom is -0.290 e. The van der Waals surface area contributed by atoms with Crippen molar-refractivity contribution in [1.29, 1.82) is 0 Å². The SMILES string of the molecule is CC(C)(C)N(Cc1ccccc1)Cc1ccc([N+](=O)[O-])cc1. The van der Waals surface area contributed by atoms with Gasteiger partial charge in [0.05, 0.1) is 4.92 Å². The molecular formula is C18H22N2O2. The average molecular weight is 298 g/mol. The van der Waals surface area contributed by atoms with Gasteiger partial charge in [-0.1, -0.05) is 42.5 Å². The van der Waals surface area contributed by atoms with Gasteiger partial charge in [0.2, 0.25) is 0 Å². The maximum Gasteiger partial charge on any atom is 0.269 e. The number of nitrogens with zero attached hydrogens (tertiary/aromatic N) is 2. The lowest BCUT2D eigenvalue weighted by molar-refractivity contribution is -0.384. The predicted molar refractivity (Wildman–Crippen MR) is 88.5 cm³/mol. The Morgan fingerprint density at radius 2 is 1.41 bits per heavy atom. The van der Waals surface area contributed by atoms with Crippen LogP contribution < -0.4 is 0 Å². The van der Waals surface area contributed by atoms with Crippen molar-refractivity contribution in [2.75, 3.05) is 0 Å². The molecule has 4 nitrogen and oxygen atoms in total. The molecule has 0 amide bonds. The molecule has 0 radical (unpaired) electrons. The summed E-state index contributed by atoms with van der Waals surface area (Å²) in [6, 6.07) is 17.1. The second kappa shape index (κ2) is 6.71. The van der Waals surface area contributed by atoms with Crippen LogP contribution in [0.25, 0.3) is 0 Å². The molecule has 0 heterocycles. The highest BCUT2D eigenvalue weighted by atomic mass is 16.6. The molecule has 0 spiro atoms. The van der Waals surface area contributed by atoms with Crippen LogP contribution in [0.5, 0.6) is 0 Å². The molecule has 4 heteroatoms. The summed E-state index contributed by atoms with van der Waals surface area (Å²) >= 11 is 0. The van der Waals surface area contributed by atoms with Gasteiger partial charge >= 0.3 is 0 Å². The maximum absolute atomic E-state index is 10.7. The quantitative estimate of drug-likeness (QED) is 0.607. The van der Waals surface area contributed by atoms with Gasteiger partial charge in [-0.05, 0) is 31.9 Å². The molecule has 0 fully saturated rings. The van der Waals surface area contributed by atoms with Gasteiger partial charge in [-0.2, -0.15) is 0 Å². The molecule has 0 aromatic heterocycles. The predicted octanol–water partition coefficient (Wildman–Crippen LogP) is 4.40. The Balaban J connectivity index is 2.15.